The number of nitrogens with two attached hydrogens (primary N) is 1. The van der Waals surface area contributed by atoms with Crippen molar-refractivity contribution in [1.29, 1.82) is 0 Å². The highest BCUT2D eigenvalue weighted by atomic mass is 16.2. The molecule has 0 aliphatic carbocycles. The molecule has 4 nitrogen and oxygen atoms in total. The van der Waals surface area contributed by atoms with Crippen LogP contribution in [0.4, 0.5) is 21.9 Å². The second-order valence-electron chi connectivity index (χ2n) is 5.05. The summed E-state index contributed by atoms with van der Waals surface area (Å²) in [6.45, 7) is 4.68. The van der Waals surface area contributed by atoms with Crippen molar-refractivity contribution in [2.45, 2.75) is 20.3 Å². The summed E-state index contributed by atoms with van der Waals surface area (Å²) in [6, 6.07) is 15.0. The molecule has 4 heteroatoms. The van der Waals surface area contributed by atoms with Gasteiger partial charge in [-0.25, -0.2) is 4.79 Å². The number of benzene rings is 2. The zero-order valence-corrected chi connectivity index (χ0v) is 12.5. The van der Waals surface area contributed by atoms with Crippen LogP contribution in [-0.2, 0) is 0 Å². The van der Waals surface area contributed by atoms with Crippen molar-refractivity contribution in [2.24, 2.45) is 0 Å². The molecule has 0 aliphatic heterocycles. The van der Waals surface area contributed by atoms with Gasteiger partial charge in [0, 0.05) is 23.6 Å². The molecule has 0 aromatic heterocycles. The van der Waals surface area contributed by atoms with Crippen molar-refractivity contribution in [3.63, 3.8) is 0 Å². The van der Waals surface area contributed by atoms with Crippen molar-refractivity contribution < 1.29 is 4.79 Å². The fraction of sp³-hybridized carbons (Fsp3) is 0.235. The Morgan fingerprint density at radius 2 is 1.95 bits per heavy atom. The zero-order valence-electron chi connectivity index (χ0n) is 12.5. The fourth-order valence-electron chi connectivity index (χ4n) is 2.18. The Balaban J connectivity index is 2.19. The molecular weight excluding hydrogens is 262 g/mol. The first-order chi connectivity index (χ1) is 10.1. The highest BCUT2D eigenvalue weighted by Gasteiger charge is 2.15. The Hall–Kier alpha value is -2.49. The van der Waals surface area contributed by atoms with Gasteiger partial charge in [0.25, 0.3) is 0 Å². The van der Waals surface area contributed by atoms with E-state index in [2.05, 4.69) is 5.32 Å². The van der Waals surface area contributed by atoms with E-state index in [0.717, 1.165) is 23.4 Å². The van der Waals surface area contributed by atoms with Gasteiger partial charge in [-0.3, -0.25) is 4.90 Å². The molecule has 0 heterocycles. The van der Waals surface area contributed by atoms with E-state index >= 15 is 0 Å². The Morgan fingerprint density at radius 3 is 2.62 bits per heavy atom. The predicted molar refractivity (Wildman–Crippen MR) is 88.7 cm³/mol. The van der Waals surface area contributed by atoms with Gasteiger partial charge in [-0.15, -0.1) is 0 Å². The summed E-state index contributed by atoms with van der Waals surface area (Å²) >= 11 is 0. The molecule has 0 aliphatic rings. The molecular formula is C17H21N3O. The van der Waals surface area contributed by atoms with Crippen LogP contribution in [0.15, 0.2) is 48.5 Å². The maximum absolute atomic E-state index is 12.5. The molecule has 0 saturated heterocycles. The van der Waals surface area contributed by atoms with Crippen molar-refractivity contribution >= 4 is 23.1 Å². The van der Waals surface area contributed by atoms with E-state index in [9.17, 15) is 4.79 Å². The number of carbonyl (C=O) groups is 1. The second-order valence-corrected chi connectivity index (χ2v) is 5.05. The normalized spacial score (nSPS) is 10.2. The predicted octanol–water partition coefficient (Wildman–Crippen LogP) is 4.03. The number of urea groups is 1. The SMILES string of the molecule is CCCN(C(=O)Nc1cccc(C)c1)c1cccc(N)c1. The summed E-state index contributed by atoms with van der Waals surface area (Å²) in [5, 5.41) is 2.93. The number of hydrogen-bond acceptors (Lipinski definition) is 2. The van der Waals surface area contributed by atoms with Gasteiger partial charge in [-0.1, -0.05) is 25.1 Å². The molecule has 2 rings (SSSR count). The number of nitrogen functional groups attached to an aromatic ring is 1. The number of anilines is 3. The van der Waals surface area contributed by atoms with Gasteiger partial charge >= 0.3 is 6.03 Å². The van der Waals surface area contributed by atoms with Gasteiger partial charge in [-0.2, -0.15) is 0 Å². The van der Waals surface area contributed by atoms with Crippen LogP contribution in [0.2, 0.25) is 0 Å². The molecule has 2 amide bonds. The average molecular weight is 283 g/mol. The Labute approximate surface area is 125 Å². The van der Waals surface area contributed by atoms with Crippen molar-refractivity contribution in [3.8, 4) is 0 Å². The van der Waals surface area contributed by atoms with Crippen molar-refractivity contribution in [1.82, 2.24) is 0 Å². The fourth-order valence-corrected chi connectivity index (χ4v) is 2.18. The molecule has 110 valence electrons. The summed E-state index contributed by atoms with van der Waals surface area (Å²) < 4.78 is 0. The molecule has 0 saturated carbocycles. The second kappa shape index (κ2) is 6.79. The molecule has 2 aromatic carbocycles. The Morgan fingerprint density at radius 1 is 1.19 bits per heavy atom. The molecule has 0 atom stereocenters. The van der Waals surface area contributed by atoms with Crippen LogP contribution in [0.1, 0.15) is 18.9 Å². The van der Waals surface area contributed by atoms with E-state index < -0.39 is 0 Å². The van der Waals surface area contributed by atoms with E-state index in [4.69, 9.17) is 5.73 Å². The molecule has 0 radical (unpaired) electrons. The summed E-state index contributed by atoms with van der Waals surface area (Å²) in [5.74, 6) is 0. The van der Waals surface area contributed by atoms with Gasteiger partial charge in [-0.05, 0) is 49.2 Å². The van der Waals surface area contributed by atoms with Gasteiger partial charge in [0.2, 0.25) is 0 Å². The standard InChI is InChI=1S/C17H21N3O/c1-3-10-20(16-9-5-7-14(18)12-16)17(21)19-15-8-4-6-13(2)11-15/h4-9,11-12H,3,10,18H2,1-2H3,(H,19,21). The van der Waals surface area contributed by atoms with E-state index in [1.807, 2.05) is 62.4 Å². The lowest BCUT2D eigenvalue weighted by Crippen LogP contribution is -2.35. The number of aryl methyl sites for hydroxylation is 1. The molecule has 2 aromatic rings. The van der Waals surface area contributed by atoms with Crippen LogP contribution in [0.25, 0.3) is 0 Å². The average Bonchev–Trinajstić information content (AvgIpc) is 2.44. The number of nitrogens with one attached hydrogen (secondary N) is 1. The third-order valence-corrected chi connectivity index (χ3v) is 3.14. The number of carbonyl (C=O) groups excluding carboxylic acids is 1. The molecule has 0 unspecified atom stereocenters. The van der Waals surface area contributed by atoms with Crippen LogP contribution >= 0.6 is 0 Å². The molecule has 21 heavy (non-hydrogen) atoms. The van der Waals surface area contributed by atoms with Crippen LogP contribution in [-0.4, -0.2) is 12.6 Å². The van der Waals surface area contributed by atoms with E-state index in [1.54, 1.807) is 4.90 Å². The number of hydrogen-bond donors (Lipinski definition) is 2. The van der Waals surface area contributed by atoms with Crippen molar-refractivity contribution in [2.75, 3.05) is 22.5 Å². The first-order valence-corrected chi connectivity index (χ1v) is 7.11. The minimum atomic E-state index is -0.145. The van der Waals surface area contributed by atoms with Crippen LogP contribution in [0.5, 0.6) is 0 Å². The molecule has 0 spiro atoms. The highest BCUT2D eigenvalue weighted by Crippen LogP contribution is 2.19. The summed E-state index contributed by atoms with van der Waals surface area (Å²) in [6.07, 6.45) is 0.871. The lowest BCUT2D eigenvalue weighted by molar-refractivity contribution is 0.257. The van der Waals surface area contributed by atoms with E-state index in [0.29, 0.717) is 12.2 Å². The van der Waals surface area contributed by atoms with E-state index in [-0.39, 0.29) is 6.03 Å². The Bertz CT molecular complexity index is 625. The minimum absolute atomic E-state index is 0.145. The maximum Gasteiger partial charge on any atom is 0.326 e. The minimum Gasteiger partial charge on any atom is -0.399 e. The van der Waals surface area contributed by atoms with Crippen LogP contribution in [0.3, 0.4) is 0 Å². The van der Waals surface area contributed by atoms with Gasteiger partial charge in [0.1, 0.15) is 0 Å². The number of rotatable bonds is 4. The quantitative estimate of drug-likeness (QED) is 0.832. The van der Waals surface area contributed by atoms with Gasteiger partial charge in [0.15, 0.2) is 0 Å². The number of amides is 2. The maximum atomic E-state index is 12.5. The van der Waals surface area contributed by atoms with Crippen LogP contribution < -0.4 is 16.0 Å². The third-order valence-electron chi connectivity index (χ3n) is 3.14. The van der Waals surface area contributed by atoms with E-state index in [1.165, 1.54) is 0 Å². The molecule has 0 fully saturated rings. The van der Waals surface area contributed by atoms with Gasteiger partial charge in [0.05, 0.1) is 0 Å². The topological polar surface area (TPSA) is 58.4 Å². The summed E-state index contributed by atoms with van der Waals surface area (Å²) in [5.41, 5.74) is 9.17. The lowest BCUT2D eigenvalue weighted by atomic mass is 10.2. The van der Waals surface area contributed by atoms with Gasteiger partial charge < -0.3 is 11.1 Å². The highest BCUT2D eigenvalue weighted by molar-refractivity contribution is 6.02. The molecule has 3 N–H and O–H groups in total. The third kappa shape index (κ3) is 3.99. The number of nitrogens with zero attached hydrogens (tertiary/aromatic N) is 1. The zero-order chi connectivity index (χ0) is 15.2. The lowest BCUT2D eigenvalue weighted by Gasteiger charge is -2.23. The largest absolute Gasteiger partial charge is 0.399 e. The smallest absolute Gasteiger partial charge is 0.326 e. The monoisotopic (exact) mass is 283 g/mol. The van der Waals surface area contributed by atoms with Crippen molar-refractivity contribution in [3.05, 3.63) is 54.1 Å². The first-order valence-electron chi connectivity index (χ1n) is 7.11. The molecule has 0 bridgehead atoms. The Kier molecular flexibility index (Phi) is 4.82. The summed E-state index contributed by atoms with van der Waals surface area (Å²) in [4.78, 5) is 14.2. The summed E-state index contributed by atoms with van der Waals surface area (Å²) in [7, 11) is 0. The first kappa shape index (κ1) is 14.9. The van der Waals surface area contributed by atoms with Crippen LogP contribution in [0, 0.1) is 6.92 Å².